The average Bonchev–Trinajstić information content (AvgIpc) is 2.29. The van der Waals surface area contributed by atoms with Crippen molar-refractivity contribution in [3.63, 3.8) is 0 Å². The second kappa shape index (κ2) is 7.64. The SMILES string of the molecule is C=CC[N@+](C)(Cc1ccccc1)[C@@H](C)CO.[Br-]. The van der Waals surface area contributed by atoms with Crippen LogP contribution in [0, 0.1) is 0 Å². The Labute approximate surface area is 115 Å². The lowest BCUT2D eigenvalue weighted by Crippen LogP contribution is -3.00. The molecule has 0 radical (unpaired) electrons. The van der Waals surface area contributed by atoms with Crippen molar-refractivity contribution in [2.75, 3.05) is 20.2 Å². The van der Waals surface area contributed by atoms with Crippen molar-refractivity contribution >= 4 is 0 Å². The van der Waals surface area contributed by atoms with Crippen molar-refractivity contribution < 1.29 is 26.6 Å². The van der Waals surface area contributed by atoms with Crippen LogP contribution in [0.4, 0.5) is 0 Å². The highest BCUT2D eigenvalue weighted by molar-refractivity contribution is 5.13. The molecule has 0 fully saturated rings. The van der Waals surface area contributed by atoms with Gasteiger partial charge in [-0.25, -0.2) is 0 Å². The lowest BCUT2D eigenvalue weighted by molar-refractivity contribution is -0.939. The molecule has 2 atom stereocenters. The molecule has 1 N–H and O–H groups in total. The maximum atomic E-state index is 9.33. The number of rotatable bonds is 6. The van der Waals surface area contributed by atoms with Gasteiger partial charge >= 0.3 is 0 Å². The fourth-order valence-electron chi connectivity index (χ4n) is 1.89. The lowest BCUT2D eigenvalue weighted by Gasteiger charge is -2.38. The number of quaternary nitrogens is 1. The number of nitrogens with zero attached hydrogens (tertiary/aromatic N) is 1. The Hall–Kier alpha value is -0.640. The van der Waals surface area contributed by atoms with E-state index in [9.17, 15) is 5.11 Å². The fraction of sp³-hybridized carbons (Fsp3) is 0.429. The van der Waals surface area contributed by atoms with Crippen molar-refractivity contribution in [3.05, 3.63) is 48.6 Å². The molecule has 0 heterocycles. The van der Waals surface area contributed by atoms with Gasteiger partial charge in [0.2, 0.25) is 0 Å². The molecule has 0 aliphatic carbocycles. The van der Waals surface area contributed by atoms with E-state index in [0.29, 0.717) is 0 Å². The van der Waals surface area contributed by atoms with E-state index >= 15 is 0 Å². The molecule has 96 valence electrons. The van der Waals surface area contributed by atoms with Crippen molar-refractivity contribution in [1.29, 1.82) is 0 Å². The lowest BCUT2D eigenvalue weighted by atomic mass is 10.1. The summed E-state index contributed by atoms with van der Waals surface area (Å²) in [4.78, 5) is 0. The molecule has 1 rings (SSSR count). The Bertz CT molecular complexity index is 328. The summed E-state index contributed by atoms with van der Waals surface area (Å²) >= 11 is 0. The van der Waals surface area contributed by atoms with Gasteiger partial charge in [0.05, 0.1) is 20.2 Å². The molecule has 0 spiro atoms. The topological polar surface area (TPSA) is 20.2 Å². The number of likely N-dealkylation sites (N-methyl/N-ethyl adjacent to an activating group) is 1. The highest BCUT2D eigenvalue weighted by atomic mass is 79.9. The smallest absolute Gasteiger partial charge is 0.110 e. The molecule has 0 saturated carbocycles. The number of aliphatic hydroxyl groups is 1. The number of halogens is 1. The highest BCUT2D eigenvalue weighted by Gasteiger charge is 2.27. The summed E-state index contributed by atoms with van der Waals surface area (Å²) < 4.78 is 0.796. The summed E-state index contributed by atoms with van der Waals surface area (Å²) in [6.45, 7) is 7.88. The normalized spacial score (nSPS) is 15.5. The van der Waals surface area contributed by atoms with Gasteiger partial charge in [-0.2, -0.15) is 0 Å². The third-order valence-electron chi connectivity index (χ3n) is 3.26. The minimum absolute atomic E-state index is 0. The van der Waals surface area contributed by atoms with Gasteiger partial charge in [0.15, 0.2) is 0 Å². The second-order valence-electron chi connectivity index (χ2n) is 4.63. The predicted molar refractivity (Wildman–Crippen MR) is 67.9 cm³/mol. The number of hydrogen-bond donors (Lipinski definition) is 1. The van der Waals surface area contributed by atoms with Crippen LogP contribution < -0.4 is 17.0 Å². The van der Waals surface area contributed by atoms with E-state index in [2.05, 4.69) is 44.8 Å². The molecule has 0 aromatic heterocycles. The minimum Gasteiger partial charge on any atom is -1.00 e. The van der Waals surface area contributed by atoms with Gasteiger partial charge in [0.1, 0.15) is 12.6 Å². The third kappa shape index (κ3) is 4.62. The van der Waals surface area contributed by atoms with Crippen molar-refractivity contribution in [3.8, 4) is 0 Å². The van der Waals surface area contributed by atoms with Gasteiger partial charge in [-0.05, 0) is 13.0 Å². The molecule has 0 aliphatic rings. The standard InChI is InChI=1S/C14H22NO.BrH/c1-4-10-15(3,13(2)12-16)11-14-8-6-5-7-9-14;/h4-9,13,16H,1,10-12H2,2-3H3;1H/q+1;/p-1/t13-,15+;/m0./s1. The van der Waals surface area contributed by atoms with Crippen molar-refractivity contribution in [2.24, 2.45) is 0 Å². The molecule has 17 heavy (non-hydrogen) atoms. The molecule has 1 aromatic rings. The van der Waals surface area contributed by atoms with Crippen LogP contribution in [0.15, 0.2) is 43.0 Å². The molecule has 2 nitrogen and oxygen atoms in total. The first kappa shape index (κ1) is 16.4. The monoisotopic (exact) mass is 299 g/mol. The zero-order valence-electron chi connectivity index (χ0n) is 10.6. The third-order valence-corrected chi connectivity index (χ3v) is 3.26. The summed E-state index contributed by atoms with van der Waals surface area (Å²) in [5.41, 5.74) is 1.30. The van der Waals surface area contributed by atoms with Crippen LogP contribution in [0.2, 0.25) is 0 Å². The van der Waals surface area contributed by atoms with Crippen LogP contribution in [-0.2, 0) is 6.54 Å². The van der Waals surface area contributed by atoms with E-state index in [1.807, 2.05) is 12.1 Å². The molecule has 0 bridgehead atoms. The Morgan fingerprint density at radius 1 is 1.35 bits per heavy atom. The van der Waals surface area contributed by atoms with Crippen LogP contribution >= 0.6 is 0 Å². The first-order chi connectivity index (χ1) is 7.62. The first-order valence-corrected chi connectivity index (χ1v) is 5.72. The van der Waals surface area contributed by atoms with Gasteiger partial charge in [-0.15, -0.1) is 0 Å². The molecule has 3 heteroatoms. The summed E-state index contributed by atoms with van der Waals surface area (Å²) in [5.74, 6) is 0. The largest absolute Gasteiger partial charge is 1.00 e. The van der Waals surface area contributed by atoms with E-state index in [0.717, 1.165) is 17.6 Å². The van der Waals surface area contributed by atoms with E-state index < -0.39 is 0 Å². The maximum Gasteiger partial charge on any atom is 0.110 e. The van der Waals surface area contributed by atoms with Crippen LogP contribution in [0.25, 0.3) is 0 Å². The summed E-state index contributed by atoms with van der Waals surface area (Å²) in [6, 6.07) is 10.6. The Balaban J connectivity index is 0.00000256. The molecule has 0 unspecified atom stereocenters. The van der Waals surface area contributed by atoms with E-state index in [1.54, 1.807) is 0 Å². The molecule has 0 amide bonds. The van der Waals surface area contributed by atoms with Crippen molar-refractivity contribution in [1.82, 2.24) is 0 Å². The quantitative estimate of drug-likeness (QED) is 0.539. The second-order valence-corrected chi connectivity index (χ2v) is 4.63. The van der Waals surface area contributed by atoms with Crippen molar-refractivity contribution in [2.45, 2.75) is 19.5 Å². The summed E-state index contributed by atoms with van der Waals surface area (Å²) in [7, 11) is 2.16. The van der Waals surface area contributed by atoms with E-state index in [-0.39, 0.29) is 29.6 Å². The zero-order valence-corrected chi connectivity index (χ0v) is 12.2. The molecule has 0 aliphatic heterocycles. The molecular formula is C14H22BrNO. The number of benzene rings is 1. The Morgan fingerprint density at radius 3 is 2.41 bits per heavy atom. The molecule has 1 aromatic carbocycles. The fourth-order valence-corrected chi connectivity index (χ4v) is 1.89. The Morgan fingerprint density at radius 2 is 1.94 bits per heavy atom. The van der Waals surface area contributed by atoms with Gasteiger partial charge in [-0.1, -0.05) is 36.9 Å². The van der Waals surface area contributed by atoms with Gasteiger partial charge in [0.25, 0.3) is 0 Å². The zero-order chi connectivity index (χ0) is 12.0. The molecule has 0 saturated heterocycles. The summed E-state index contributed by atoms with van der Waals surface area (Å²) in [5, 5.41) is 9.33. The number of aliphatic hydroxyl groups excluding tert-OH is 1. The minimum atomic E-state index is 0. The van der Waals surface area contributed by atoms with Crippen LogP contribution in [0.3, 0.4) is 0 Å². The van der Waals surface area contributed by atoms with Gasteiger partial charge in [-0.3, -0.25) is 0 Å². The highest BCUT2D eigenvalue weighted by Crippen LogP contribution is 2.16. The summed E-state index contributed by atoms with van der Waals surface area (Å²) in [6.07, 6.45) is 1.93. The van der Waals surface area contributed by atoms with Gasteiger partial charge < -0.3 is 26.6 Å². The van der Waals surface area contributed by atoms with E-state index in [4.69, 9.17) is 0 Å². The predicted octanol–water partition coefficient (Wildman–Crippen LogP) is -0.796. The first-order valence-electron chi connectivity index (χ1n) is 5.72. The average molecular weight is 300 g/mol. The van der Waals surface area contributed by atoms with E-state index in [1.165, 1.54) is 5.56 Å². The van der Waals surface area contributed by atoms with Crippen LogP contribution in [-0.4, -0.2) is 35.8 Å². The Kier molecular flexibility index (Phi) is 7.35. The van der Waals surface area contributed by atoms with Crippen LogP contribution in [0.1, 0.15) is 12.5 Å². The maximum absolute atomic E-state index is 9.33. The van der Waals surface area contributed by atoms with Crippen LogP contribution in [0.5, 0.6) is 0 Å². The number of hydrogen-bond acceptors (Lipinski definition) is 1. The molecular weight excluding hydrogens is 278 g/mol. The van der Waals surface area contributed by atoms with Gasteiger partial charge in [0, 0.05) is 5.56 Å².